The zero-order valence-corrected chi connectivity index (χ0v) is 8.58. The van der Waals surface area contributed by atoms with E-state index in [0.717, 1.165) is 24.5 Å². The number of hydrogen-bond acceptors (Lipinski definition) is 2. The van der Waals surface area contributed by atoms with Gasteiger partial charge >= 0.3 is 0 Å². The molecule has 0 unspecified atom stereocenters. The van der Waals surface area contributed by atoms with E-state index < -0.39 is 0 Å². The van der Waals surface area contributed by atoms with Crippen LogP contribution in [0.4, 0.5) is 0 Å². The molecule has 1 heterocycles. The molecule has 0 radical (unpaired) electrons. The van der Waals surface area contributed by atoms with Crippen LogP contribution in [0, 0.1) is 5.92 Å². The summed E-state index contributed by atoms with van der Waals surface area (Å²) in [5.41, 5.74) is 1.08. The van der Waals surface area contributed by atoms with Gasteiger partial charge in [-0.3, -0.25) is 4.98 Å². The predicted octanol–water partition coefficient (Wildman–Crippen LogP) is 2.68. The standard InChI is InChI=1S/C11H17NO/c1-4-10-7-11(5-6-12-10)13-8-9(2)3/h5-7,9H,4,8H2,1-3H3. The summed E-state index contributed by atoms with van der Waals surface area (Å²) in [6.45, 7) is 7.14. The van der Waals surface area contributed by atoms with Crippen molar-refractivity contribution < 1.29 is 4.74 Å². The predicted molar refractivity (Wildman–Crippen MR) is 53.9 cm³/mol. The van der Waals surface area contributed by atoms with E-state index in [1.165, 1.54) is 0 Å². The summed E-state index contributed by atoms with van der Waals surface area (Å²) in [6.07, 6.45) is 2.76. The maximum atomic E-state index is 5.57. The lowest BCUT2D eigenvalue weighted by atomic mass is 10.2. The van der Waals surface area contributed by atoms with E-state index in [2.05, 4.69) is 25.8 Å². The highest BCUT2D eigenvalue weighted by Crippen LogP contribution is 2.12. The van der Waals surface area contributed by atoms with Gasteiger partial charge in [0, 0.05) is 18.0 Å². The molecule has 0 saturated carbocycles. The normalized spacial score (nSPS) is 10.5. The molecule has 1 rings (SSSR count). The monoisotopic (exact) mass is 179 g/mol. The van der Waals surface area contributed by atoms with E-state index in [-0.39, 0.29) is 0 Å². The molecule has 0 aliphatic rings. The topological polar surface area (TPSA) is 22.1 Å². The summed E-state index contributed by atoms with van der Waals surface area (Å²) in [5, 5.41) is 0. The number of aromatic nitrogens is 1. The maximum Gasteiger partial charge on any atom is 0.122 e. The molecule has 0 aliphatic heterocycles. The van der Waals surface area contributed by atoms with Gasteiger partial charge in [0.25, 0.3) is 0 Å². The van der Waals surface area contributed by atoms with Gasteiger partial charge in [-0.15, -0.1) is 0 Å². The van der Waals surface area contributed by atoms with Crippen LogP contribution in [0.2, 0.25) is 0 Å². The molecule has 0 saturated heterocycles. The zero-order chi connectivity index (χ0) is 9.68. The quantitative estimate of drug-likeness (QED) is 0.709. The molecular formula is C11H17NO. The van der Waals surface area contributed by atoms with Crippen LogP contribution >= 0.6 is 0 Å². The largest absolute Gasteiger partial charge is 0.493 e. The summed E-state index contributed by atoms with van der Waals surface area (Å²) in [7, 11) is 0. The lowest BCUT2D eigenvalue weighted by Gasteiger charge is -2.08. The number of hydrogen-bond donors (Lipinski definition) is 0. The average Bonchev–Trinajstić information content (AvgIpc) is 2.15. The highest BCUT2D eigenvalue weighted by Gasteiger charge is 1.98. The third kappa shape index (κ3) is 3.45. The van der Waals surface area contributed by atoms with Crippen molar-refractivity contribution in [2.45, 2.75) is 27.2 Å². The molecule has 1 aromatic rings. The van der Waals surface area contributed by atoms with Gasteiger partial charge in [0.05, 0.1) is 6.61 Å². The van der Waals surface area contributed by atoms with Crippen molar-refractivity contribution in [3.8, 4) is 5.75 Å². The fourth-order valence-corrected chi connectivity index (χ4v) is 1.00. The molecule has 2 nitrogen and oxygen atoms in total. The van der Waals surface area contributed by atoms with E-state index in [0.29, 0.717) is 5.92 Å². The van der Waals surface area contributed by atoms with Crippen LogP contribution in [0.1, 0.15) is 26.5 Å². The number of nitrogens with zero attached hydrogens (tertiary/aromatic N) is 1. The molecule has 0 aromatic carbocycles. The van der Waals surface area contributed by atoms with Crippen LogP contribution in [0.5, 0.6) is 5.75 Å². The average molecular weight is 179 g/mol. The van der Waals surface area contributed by atoms with Crippen molar-refractivity contribution in [1.82, 2.24) is 4.98 Å². The van der Waals surface area contributed by atoms with Gasteiger partial charge in [-0.1, -0.05) is 20.8 Å². The summed E-state index contributed by atoms with van der Waals surface area (Å²) < 4.78 is 5.57. The van der Waals surface area contributed by atoms with Crippen LogP contribution in [0.3, 0.4) is 0 Å². The Kier molecular flexibility index (Phi) is 3.74. The summed E-state index contributed by atoms with van der Waals surface area (Å²) in [5.74, 6) is 1.50. The fraction of sp³-hybridized carbons (Fsp3) is 0.545. The van der Waals surface area contributed by atoms with Gasteiger partial charge in [0.2, 0.25) is 0 Å². The Morgan fingerprint density at radius 1 is 1.46 bits per heavy atom. The molecule has 0 amide bonds. The summed E-state index contributed by atoms with van der Waals surface area (Å²) >= 11 is 0. The summed E-state index contributed by atoms with van der Waals surface area (Å²) in [4.78, 5) is 4.20. The van der Waals surface area contributed by atoms with Crippen molar-refractivity contribution in [3.63, 3.8) is 0 Å². The number of aryl methyl sites for hydroxylation is 1. The van der Waals surface area contributed by atoms with Gasteiger partial charge in [0.1, 0.15) is 5.75 Å². The van der Waals surface area contributed by atoms with Gasteiger partial charge in [-0.2, -0.15) is 0 Å². The minimum absolute atomic E-state index is 0.568. The van der Waals surface area contributed by atoms with Crippen molar-refractivity contribution in [3.05, 3.63) is 24.0 Å². The lowest BCUT2D eigenvalue weighted by Crippen LogP contribution is -2.04. The van der Waals surface area contributed by atoms with Crippen LogP contribution in [-0.2, 0) is 6.42 Å². The Morgan fingerprint density at radius 3 is 2.85 bits per heavy atom. The van der Waals surface area contributed by atoms with Crippen molar-refractivity contribution in [2.24, 2.45) is 5.92 Å². The Bertz CT molecular complexity index is 258. The van der Waals surface area contributed by atoms with Gasteiger partial charge in [-0.25, -0.2) is 0 Å². The molecule has 0 fully saturated rings. The first-order valence-corrected chi connectivity index (χ1v) is 4.80. The highest BCUT2D eigenvalue weighted by atomic mass is 16.5. The third-order valence-corrected chi connectivity index (χ3v) is 1.73. The van der Waals surface area contributed by atoms with Crippen LogP contribution in [-0.4, -0.2) is 11.6 Å². The molecule has 2 heteroatoms. The molecule has 0 N–H and O–H groups in total. The maximum absolute atomic E-state index is 5.57. The molecular weight excluding hydrogens is 162 g/mol. The Morgan fingerprint density at radius 2 is 2.23 bits per heavy atom. The molecule has 72 valence electrons. The Hall–Kier alpha value is -1.05. The molecule has 13 heavy (non-hydrogen) atoms. The second-order valence-electron chi connectivity index (χ2n) is 3.54. The molecule has 0 bridgehead atoms. The first-order valence-electron chi connectivity index (χ1n) is 4.80. The highest BCUT2D eigenvalue weighted by molar-refractivity contribution is 5.22. The van der Waals surface area contributed by atoms with Crippen molar-refractivity contribution in [2.75, 3.05) is 6.61 Å². The first kappa shape index (κ1) is 10.0. The summed E-state index contributed by atoms with van der Waals surface area (Å²) in [6, 6.07) is 3.91. The van der Waals surface area contributed by atoms with Gasteiger partial charge in [-0.05, 0) is 18.4 Å². The van der Waals surface area contributed by atoms with E-state index in [1.54, 1.807) is 6.20 Å². The lowest BCUT2D eigenvalue weighted by molar-refractivity contribution is 0.270. The van der Waals surface area contributed by atoms with Crippen LogP contribution in [0.15, 0.2) is 18.3 Å². The van der Waals surface area contributed by atoms with E-state index >= 15 is 0 Å². The van der Waals surface area contributed by atoms with Crippen molar-refractivity contribution in [1.29, 1.82) is 0 Å². The Labute approximate surface area is 80.0 Å². The van der Waals surface area contributed by atoms with Gasteiger partial charge in [0.15, 0.2) is 0 Å². The second kappa shape index (κ2) is 4.85. The van der Waals surface area contributed by atoms with Crippen LogP contribution in [0.25, 0.3) is 0 Å². The van der Waals surface area contributed by atoms with E-state index in [9.17, 15) is 0 Å². The molecule has 0 spiro atoms. The SMILES string of the molecule is CCc1cc(OCC(C)C)ccn1. The fourth-order valence-electron chi connectivity index (χ4n) is 1.00. The van der Waals surface area contributed by atoms with Crippen molar-refractivity contribution >= 4 is 0 Å². The van der Waals surface area contributed by atoms with Gasteiger partial charge < -0.3 is 4.74 Å². The minimum atomic E-state index is 0.568. The third-order valence-electron chi connectivity index (χ3n) is 1.73. The number of pyridine rings is 1. The van der Waals surface area contributed by atoms with E-state index in [4.69, 9.17) is 4.74 Å². The Balaban J connectivity index is 2.56. The second-order valence-corrected chi connectivity index (χ2v) is 3.54. The smallest absolute Gasteiger partial charge is 0.122 e. The molecule has 1 aromatic heterocycles. The number of ether oxygens (including phenoxy) is 1. The van der Waals surface area contributed by atoms with Crippen LogP contribution < -0.4 is 4.74 Å². The minimum Gasteiger partial charge on any atom is -0.493 e. The first-order chi connectivity index (χ1) is 6.22. The molecule has 0 aliphatic carbocycles. The number of rotatable bonds is 4. The van der Waals surface area contributed by atoms with E-state index in [1.807, 2.05) is 12.1 Å². The zero-order valence-electron chi connectivity index (χ0n) is 8.58. The molecule has 0 atom stereocenters.